The van der Waals surface area contributed by atoms with E-state index < -0.39 is 0 Å². The minimum atomic E-state index is -0.280. The average Bonchev–Trinajstić information content (AvgIpc) is 2.54. The van der Waals surface area contributed by atoms with E-state index in [1.807, 2.05) is 19.1 Å². The largest absolute Gasteiger partial charge is 0.269 e. The van der Waals surface area contributed by atoms with E-state index in [9.17, 15) is 9.59 Å². The molecule has 4 heteroatoms. The molecule has 2 radical (unpaired) electrons. The van der Waals surface area contributed by atoms with E-state index in [4.69, 9.17) is 7.85 Å². The van der Waals surface area contributed by atoms with Crippen LogP contribution in [0.4, 0.5) is 0 Å². The van der Waals surface area contributed by atoms with Gasteiger partial charge in [0.1, 0.15) is 7.85 Å². The number of hydrogen-bond acceptors (Lipinski definition) is 2. The third kappa shape index (κ3) is 1.88. The van der Waals surface area contributed by atoms with Gasteiger partial charge in [-0.25, -0.2) is 0 Å². The number of hydrogen-bond donors (Lipinski definition) is 0. The second-order valence-electron chi connectivity index (χ2n) is 4.57. The van der Waals surface area contributed by atoms with Crippen molar-refractivity contribution in [2.24, 2.45) is 0 Å². The van der Waals surface area contributed by atoms with E-state index in [0.717, 1.165) is 5.56 Å². The summed E-state index contributed by atoms with van der Waals surface area (Å²) in [6.07, 6.45) is 0. The van der Waals surface area contributed by atoms with Crippen LogP contribution in [-0.4, -0.2) is 24.6 Å². The Balaban J connectivity index is 2.31. The minimum Gasteiger partial charge on any atom is -0.269 e. The standard InChI is InChI=1S/C14H14BNO2/c1-8-9(2)14(18)16(13(8)17)10(3)11-4-6-12(15)7-5-11/h4-7,10H,1-3H3. The molecule has 0 fully saturated rings. The topological polar surface area (TPSA) is 37.4 Å². The number of amides is 2. The summed E-state index contributed by atoms with van der Waals surface area (Å²) in [4.78, 5) is 25.4. The summed E-state index contributed by atoms with van der Waals surface area (Å²) in [6, 6.07) is 6.93. The van der Waals surface area contributed by atoms with Crippen molar-refractivity contribution in [2.45, 2.75) is 26.8 Å². The molecule has 1 unspecified atom stereocenters. The summed E-state index contributed by atoms with van der Waals surface area (Å²) in [7, 11) is 5.62. The number of rotatable bonds is 2. The van der Waals surface area contributed by atoms with Crippen molar-refractivity contribution in [3.8, 4) is 0 Å². The quantitative estimate of drug-likeness (QED) is 0.575. The van der Waals surface area contributed by atoms with Crippen molar-refractivity contribution in [1.29, 1.82) is 0 Å². The Morgan fingerprint density at radius 2 is 1.44 bits per heavy atom. The van der Waals surface area contributed by atoms with Gasteiger partial charge >= 0.3 is 0 Å². The van der Waals surface area contributed by atoms with Crippen LogP contribution < -0.4 is 5.46 Å². The van der Waals surface area contributed by atoms with Crippen molar-refractivity contribution in [2.75, 3.05) is 0 Å². The highest BCUT2D eigenvalue weighted by atomic mass is 16.2. The summed E-state index contributed by atoms with van der Waals surface area (Å²) < 4.78 is 0. The summed E-state index contributed by atoms with van der Waals surface area (Å²) >= 11 is 0. The van der Waals surface area contributed by atoms with Gasteiger partial charge in [-0.15, -0.1) is 0 Å². The highest BCUT2D eigenvalue weighted by Gasteiger charge is 2.36. The Labute approximate surface area is 108 Å². The van der Waals surface area contributed by atoms with Crippen molar-refractivity contribution < 1.29 is 9.59 Å². The van der Waals surface area contributed by atoms with Gasteiger partial charge in [-0.2, -0.15) is 0 Å². The van der Waals surface area contributed by atoms with Crippen LogP contribution in [0.25, 0.3) is 0 Å². The molecule has 0 saturated carbocycles. The van der Waals surface area contributed by atoms with Crippen LogP contribution in [-0.2, 0) is 9.59 Å². The highest BCUT2D eigenvalue weighted by Crippen LogP contribution is 2.29. The average molecular weight is 239 g/mol. The van der Waals surface area contributed by atoms with E-state index in [0.29, 0.717) is 16.6 Å². The van der Waals surface area contributed by atoms with Crippen LogP contribution in [0, 0.1) is 0 Å². The Kier molecular flexibility index (Phi) is 3.12. The maximum atomic E-state index is 12.0. The van der Waals surface area contributed by atoms with Crippen LogP contribution in [0.1, 0.15) is 32.4 Å². The van der Waals surface area contributed by atoms with Gasteiger partial charge < -0.3 is 0 Å². The van der Waals surface area contributed by atoms with E-state index in [2.05, 4.69) is 0 Å². The van der Waals surface area contributed by atoms with E-state index in [1.54, 1.807) is 26.0 Å². The van der Waals surface area contributed by atoms with E-state index in [1.165, 1.54) is 4.90 Å². The van der Waals surface area contributed by atoms with Crippen LogP contribution in [0.2, 0.25) is 0 Å². The highest BCUT2D eigenvalue weighted by molar-refractivity contribution is 6.32. The molecule has 1 aliphatic heterocycles. The fraction of sp³-hybridized carbons (Fsp3) is 0.286. The number of carbonyl (C=O) groups is 2. The Morgan fingerprint density at radius 3 is 1.89 bits per heavy atom. The monoisotopic (exact) mass is 239 g/mol. The maximum absolute atomic E-state index is 12.0. The Morgan fingerprint density at radius 1 is 1.00 bits per heavy atom. The Hall–Kier alpha value is -1.84. The molecule has 0 bridgehead atoms. The van der Waals surface area contributed by atoms with Gasteiger partial charge in [-0.05, 0) is 26.3 Å². The second kappa shape index (κ2) is 4.44. The van der Waals surface area contributed by atoms with Gasteiger partial charge in [0.05, 0.1) is 6.04 Å². The Bertz CT molecular complexity index is 521. The van der Waals surface area contributed by atoms with Gasteiger partial charge in [0.2, 0.25) is 0 Å². The first-order valence-electron chi connectivity index (χ1n) is 5.84. The lowest BCUT2D eigenvalue weighted by molar-refractivity contribution is -0.140. The van der Waals surface area contributed by atoms with E-state index in [-0.39, 0.29) is 17.9 Å². The molecule has 1 aromatic carbocycles. The second-order valence-corrected chi connectivity index (χ2v) is 4.57. The first kappa shape index (κ1) is 12.6. The van der Waals surface area contributed by atoms with Gasteiger partial charge in [0, 0.05) is 11.1 Å². The molecular formula is C14H14BNO2. The molecule has 1 aliphatic rings. The van der Waals surface area contributed by atoms with Gasteiger partial charge in [0.15, 0.2) is 0 Å². The molecule has 0 saturated heterocycles. The minimum absolute atomic E-state index is 0.207. The summed E-state index contributed by atoms with van der Waals surface area (Å²) in [5, 5.41) is 0. The molecule has 18 heavy (non-hydrogen) atoms. The van der Waals surface area contributed by atoms with E-state index >= 15 is 0 Å². The normalized spacial score (nSPS) is 17.6. The van der Waals surface area contributed by atoms with Gasteiger partial charge in [-0.1, -0.05) is 29.7 Å². The van der Waals surface area contributed by atoms with Crippen LogP contribution >= 0.6 is 0 Å². The molecule has 3 nitrogen and oxygen atoms in total. The van der Waals surface area contributed by atoms with Gasteiger partial charge in [-0.3, -0.25) is 14.5 Å². The summed E-state index contributed by atoms with van der Waals surface area (Å²) in [5.41, 5.74) is 2.62. The molecular weight excluding hydrogens is 225 g/mol. The van der Waals surface area contributed by atoms with Crippen molar-refractivity contribution in [1.82, 2.24) is 4.90 Å². The predicted octanol–water partition coefficient (Wildman–Crippen LogP) is 1.25. The first-order valence-corrected chi connectivity index (χ1v) is 5.84. The lowest BCUT2D eigenvalue weighted by Gasteiger charge is -2.23. The zero-order valence-corrected chi connectivity index (χ0v) is 10.7. The molecule has 1 heterocycles. The van der Waals surface area contributed by atoms with Crippen molar-refractivity contribution >= 4 is 25.1 Å². The molecule has 90 valence electrons. The smallest absolute Gasteiger partial charge is 0.257 e. The van der Waals surface area contributed by atoms with Crippen LogP contribution in [0.15, 0.2) is 35.4 Å². The third-order valence-electron chi connectivity index (χ3n) is 3.45. The number of imide groups is 1. The molecule has 2 rings (SSSR count). The molecule has 0 spiro atoms. The van der Waals surface area contributed by atoms with Crippen LogP contribution in [0.5, 0.6) is 0 Å². The van der Waals surface area contributed by atoms with Crippen molar-refractivity contribution in [3.63, 3.8) is 0 Å². The fourth-order valence-corrected chi connectivity index (χ4v) is 2.05. The fourth-order valence-electron chi connectivity index (χ4n) is 2.05. The zero-order chi connectivity index (χ0) is 13.4. The number of benzene rings is 1. The van der Waals surface area contributed by atoms with Crippen molar-refractivity contribution in [3.05, 3.63) is 41.0 Å². The summed E-state index contributed by atoms with van der Waals surface area (Å²) in [5.74, 6) is -0.413. The molecule has 0 N–H and O–H groups in total. The molecule has 1 aromatic rings. The maximum Gasteiger partial charge on any atom is 0.257 e. The zero-order valence-electron chi connectivity index (χ0n) is 10.7. The molecule has 1 atom stereocenters. The lowest BCUT2D eigenvalue weighted by atomic mass is 9.94. The summed E-state index contributed by atoms with van der Waals surface area (Å²) in [6.45, 7) is 5.21. The third-order valence-corrected chi connectivity index (χ3v) is 3.45. The number of carbonyl (C=O) groups excluding carboxylic acids is 2. The number of nitrogens with zero attached hydrogens (tertiary/aromatic N) is 1. The lowest BCUT2D eigenvalue weighted by Crippen LogP contribution is -2.34. The predicted molar refractivity (Wildman–Crippen MR) is 70.5 cm³/mol. The van der Waals surface area contributed by atoms with Gasteiger partial charge in [0.25, 0.3) is 11.8 Å². The van der Waals surface area contributed by atoms with Crippen LogP contribution in [0.3, 0.4) is 0 Å². The molecule has 2 amide bonds. The SMILES string of the molecule is [B]c1ccc(C(C)N2C(=O)C(C)=C(C)C2=O)cc1. The molecule has 0 aromatic heterocycles. The first-order chi connectivity index (χ1) is 8.43. The molecule has 0 aliphatic carbocycles.